The molecule has 116 valence electrons. The average Bonchev–Trinajstić information content (AvgIpc) is 3.01. The molecule has 0 N–H and O–H groups in total. The predicted molar refractivity (Wildman–Crippen MR) is 92.5 cm³/mol. The maximum atomic E-state index is 12.6. The third-order valence-corrected chi connectivity index (χ3v) is 5.59. The van der Waals surface area contributed by atoms with Gasteiger partial charge in [-0.3, -0.25) is 4.79 Å². The second kappa shape index (κ2) is 6.84. The molecule has 1 aromatic carbocycles. The fourth-order valence-corrected chi connectivity index (χ4v) is 4.24. The summed E-state index contributed by atoms with van der Waals surface area (Å²) < 4.78 is 0. The summed E-state index contributed by atoms with van der Waals surface area (Å²) in [6.45, 7) is 3.02. The van der Waals surface area contributed by atoms with Gasteiger partial charge in [-0.2, -0.15) is 0 Å². The van der Waals surface area contributed by atoms with Gasteiger partial charge in [-0.1, -0.05) is 30.7 Å². The van der Waals surface area contributed by atoms with E-state index in [2.05, 4.69) is 23.3 Å². The van der Waals surface area contributed by atoms with E-state index in [-0.39, 0.29) is 11.9 Å². The molecule has 1 unspecified atom stereocenters. The van der Waals surface area contributed by atoms with Crippen molar-refractivity contribution in [3.63, 3.8) is 0 Å². The second-order valence-electron chi connectivity index (χ2n) is 5.69. The molecule has 1 amide bonds. The number of thiophene rings is 1. The van der Waals surface area contributed by atoms with E-state index in [1.54, 1.807) is 0 Å². The molecular weight excluding hydrogens is 314 g/mol. The molecule has 1 aromatic heterocycles. The van der Waals surface area contributed by atoms with E-state index in [0.717, 1.165) is 30.8 Å². The molecule has 1 atom stereocenters. The van der Waals surface area contributed by atoms with Crippen LogP contribution in [0.3, 0.4) is 0 Å². The molecule has 0 saturated heterocycles. The lowest BCUT2D eigenvalue weighted by atomic mass is 9.97. The van der Waals surface area contributed by atoms with Crippen molar-refractivity contribution in [2.45, 2.75) is 38.6 Å². The molecule has 4 heteroatoms. The molecule has 0 bridgehead atoms. The third-order valence-electron chi connectivity index (χ3n) is 4.34. The minimum absolute atomic E-state index is 0.257. The lowest BCUT2D eigenvalue weighted by Gasteiger charge is -2.35. The van der Waals surface area contributed by atoms with Gasteiger partial charge in [-0.15, -0.1) is 11.3 Å². The summed E-state index contributed by atoms with van der Waals surface area (Å²) in [4.78, 5) is 16.2. The fourth-order valence-electron chi connectivity index (χ4n) is 3.18. The van der Waals surface area contributed by atoms with Crippen LogP contribution in [0.2, 0.25) is 5.02 Å². The fraction of sp³-hybridized carbons (Fsp3) is 0.389. The summed E-state index contributed by atoms with van der Waals surface area (Å²) >= 11 is 7.72. The topological polar surface area (TPSA) is 20.3 Å². The first-order chi connectivity index (χ1) is 10.7. The highest BCUT2D eigenvalue weighted by atomic mass is 35.5. The van der Waals surface area contributed by atoms with Gasteiger partial charge in [0.05, 0.1) is 6.04 Å². The van der Waals surface area contributed by atoms with E-state index in [9.17, 15) is 4.79 Å². The number of aryl methyl sites for hydroxylation is 1. The summed E-state index contributed by atoms with van der Waals surface area (Å²) in [6.07, 6.45) is 3.32. The molecule has 0 radical (unpaired) electrons. The SMILES string of the molecule is CCC1c2ccsc2CCN1C(=O)CCc1ccc(Cl)cc1. The van der Waals surface area contributed by atoms with Gasteiger partial charge in [0, 0.05) is 22.9 Å². The highest BCUT2D eigenvalue weighted by Gasteiger charge is 2.29. The Morgan fingerprint density at radius 3 is 2.82 bits per heavy atom. The molecule has 1 aliphatic heterocycles. The molecule has 22 heavy (non-hydrogen) atoms. The van der Waals surface area contributed by atoms with Crippen LogP contribution in [0, 0.1) is 0 Å². The first kappa shape index (κ1) is 15.6. The maximum Gasteiger partial charge on any atom is 0.223 e. The zero-order valence-corrected chi connectivity index (χ0v) is 14.3. The van der Waals surface area contributed by atoms with Crippen molar-refractivity contribution in [3.05, 3.63) is 56.7 Å². The maximum absolute atomic E-state index is 12.6. The number of carbonyl (C=O) groups excluding carboxylic acids is 1. The van der Waals surface area contributed by atoms with Crippen molar-refractivity contribution in [1.82, 2.24) is 4.90 Å². The average molecular weight is 334 g/mol. The van der Waals surface area contributed by atoms with Crippen molar-refractivity contribution in [3.8, 4) is 0 Å². The van der Waals surface area contributed by atoms with Gasteiger partial charge in [0.15, 0.2) is 0 Å². The summed E-state index contributed by atoms with van der Waals surface area (Å²) in [6, 6.07) is 10.2. The van der Waals surface area contributed by atoms with Gasteiger partial charge in [0.2, 0.25) is 5.91 Å². The van der Waals surface area contributed by atoms with Gasteiger partial charge >= 0.3 is 0 Å². The van der Waals surface area contributed by atoms with Gasteiger partial charge in [0.25, 0.3) is 0 Å². The van der Waals surface area contributed by atoms with E-state index in [1.807, 2.05) is 35.6 Å². The number of hydrogen-bond donors (Lipinski definition) is 0. The largest absolute Gasteiger partial charge is 0.335 e. The summed E-state index contributed by atoms with van der Waals surface area (Å²) in [5.41, 5.74) is 2.53. The predicted octanol–water partition coefficient (Wildman–Crippen LogP) is 4.87. The van der Waals surface area contributed by atoms with E-state index in [1.165, 1.54) is 16.0 Å². The standard InChI is InChI=1S/C18H20ClNOS/c1-2-16-15-10-12-22-17(15)9-11-20(16)18(21)8-5-13-3-6-14(19)7-4-13/h3-4,6-7,10,12,16H,2,5,8-9,11H2,1H3. The molecule has 2 heterocycles. The van der Waals surface area contributed by atoms with Crippen LogP contribution >= 0.6 is 22.9 Å². The van der Waals surface area contributed by atoms with Crippen molar-refractivity contribution in [2.24, 2.45) is 0 Å². The second-order valence-corrected chi connectivity index (χ2v) is 7.12. The Hall–Kier alpha value is -1.32. The molecule has 0 fully saturated rings. The Morgan fingerprint density at radius 1 is 1.32 bits per heavy atom. The minimum atomic E-state index is 0.257. The monoisotopic (exact) mass is 333 g/mol. The third kappa shape index (κ3) is 3.21. The summed E-state index contributed by atoms with van der Waals surface area (Å²) in [5, 5.41) is 2.89. The number of hydrogen-bond acceptors (Lipinski definition) is 2. The first-order valence-corrected chi connectivity index (χ1v) is 9.05. The smallest absolute Gasteiger partial charge is 0.223 e. The summed E-state index contributed by atoms with van der Waals surface area (Å²) in [7, 11) is 0. The van der Waals surface area contributed by atoms with Crippen LogP contribution in [0.5, 0.6) is 0 Å². The molecule has 2 nitrogen and oxygen atoms in total. The number of carbonyl (C=O) groups is 1. The van der Waals surface area contributed by atoms with Crippen LogP contribution in [0.15, 0.2) is 35.7 Å². The van der Waals surface area contributed by atoms with Gasteiger partial charge in [-0.05, 0) is 54.0 Å². The van der Waals surface area contributed by atoms with Crippen molar-refractivity contribution < 1.29 is 4.79 Å². The van der Waals surface area contributed by atoms with Crippen LogP contribution < -0.4 is 0 Å². The van der Waals surface area contributed by atoms with Crippen molar-refractivity contribution in [2.75, 3.05) is 6.54 Å². The number of benzene rings is 1. The Balaban J connectivity index is 1.66. The van der Waals surface area contributed by atoms with Crippen LogP contribution in [0.25, 0.3) is 0 Å². The quantitative estimate of drug-likeness (QED) is 0.781. The molecule has 0 aliphatic carbocycles. The highest BCUT2D eigenvalue weighted by molar-refractivity contribution is 7.10. The van der Waals surface area contributed by atoms with Crippen LogP contribution in [-0.4, -0.2) is 17.4 Å². The number of nitrogens with zero attached hydrogens (tertiary/aromatic N) is 1. The summed E-state index contributed by atoms with van der Waals surface area (Å²) in [5.74, 6) is 0.263. The van der Waals surface area contributed by atoms with Crippen LogP contribution in [-0.2, 0) is 17.6 Å². The molecule has 3 rings (SSSR count). The number of rotatable bonds is 4. The molecule has 0 saturated carbocycles. The van der Waals surface area contributed by atoms with Gasteiger partial charge < -0.3 is 4.90 Å². The lowest BCUT2D eigenvalue weighted by molar-refractivity contribution is -0.134. The van der Waals surface area contributed by atoms with Crippen LogP contribution in [0.4, 0.5) is 0 Å². The van der Waals surface area contributed by atoms with E-state index in [0.29, 0.717) is 6.42 Å². The molecule has 2 aromatic rings. The molecule has 0 spiro atoms. The van der Waals surface area contributed by atoms with Gasteiger partial charge in [0.1, 0.15) is 0 Å². The zero-order chi connectivity index (χ0) is 15.5. The Labute approximate surface area is 140 Å². The Kier molecular flexibility index (Phi) is 4.84. The van der Waals surface area contributed by atoms with E-state index < -0.39 is 0 Å². The lowest BCUT2D eigenvalue weighted by Crippen LogP contribution is -2.39. The zero-order valence-electron chi connectivity index (χ0n) is 12.7. The minimum Gasteiger partial charge on any atom is -0.335 e. The van der Waals surface area contributed by atoms with E-state index in [4.69, 9.17) is 11.6 Å². The van der Waals surface area contributed by atoms with Crippen molar-refractivity contribution in [1.29, 1.82) is 0 Å². The van der Waals surface area contributed by atoms with E-state index >= 15 is 0 Å². The van der Waals surface area contributed by atoms with Gasteiger partial charge in [-0.25, -0.2) is 0 Å². The van der Waals surface area contributed by atoms with Crippen LogP contribution in [0.1, 0.15) is 41.8 Å². The number of amides is 1. The first-order valence-electron chi connectivity index (χ1n) is 7.79. The Bertz CT molecular complexity index is 649. The normalized spacial score (nSPS) is 17.4. The number of fused-ring (bicyclic) bond motifs is 1. The Morgan fingerprint density at radius 2 is 2.09 bits per heavy atom. The number of halogens is 1. The molecular formula is C18H20ClNOS. The molecule has 1 aliphatic rings. The van der Waals surface area contributed by atoms with Crippen molar-refractivity contribution >= 4 is 28.8 Å². The highest BCUT2D eigenvalue weighted by Crippen LogP contribution is 2.35.